The average Bonchev–Trinajstić information content (AvgIpc) is 4.04. The molecule has 2 aliphatic rings. The van der Waals surface area contributed by atoms with Gasteiger partial charge in [0, 0.05) is 53.5 Å². The zero-order valence-corrected chi connectivity index (χ0v) is 34.7. The van der Waals surface area contributed by atoms with Crippen LogP contribution < -0.4 is 10.6 Å². The van der Waals surface area contributed by atoms with Gasteiger partial charge in [0.2, 0.25) is 5.91 Å². The molecule has 0 bridgehead atoms. The van der Waals surface area contributed by atoms with Crippen LogP contribution in [-0.2, 0) is 35.3 Å². The highest BCUT2D eigenvalue weighted by atomic mass is 35.5. The first kappa shape index (κ1) is 39.0. The molecule has 8 aromatic heterocycles. The number of halogens is 2. The second-order valence-electron chi connectivity index (χ2n) is 14.4. The molecule has 0 unspecified atom stereocenters. The molecule has 15 nitrogen and oxygen atoms in total. The van der Waals surface area contributed by atoms with E-state index in [0.717, 1.165) is 71.9 Å². The molecule has 19 heteroatoms. The van der Waals surface area contributed by atoms with Gasteiger partial charge in [-0.05, 0) is 80.8 Å². The number of hydrogen-bond acceptors (Lipinski definition) is 13. The van der Waals surface area contributed by atoms with Crippen LogP contribution in [0.2, 0.25) is 10.0 Å². The molecule has 2 aliphatic carbocycles. The minimum absolute atomic E-state index is 0.0152. The fraction of sp³-hybridized carbons (Fsp3) is 0.300. The smallest absolute Gasteiger partial charge is 0.306 e. The minimum Gasteiger partial charge on any atom is -0.481 e. The molecule has 1 amide bonds. The molecule has 0 radical (unpaired) electrons. The number of carboxylic acids is 1. The number of carbonyl (C=O) groups is 2. The van der Waals surface area contributed by atoms with Crippen molar-refractivity contribution in [1.82, 2.24) is 44.1 Å². The molecule has 0 aliphatic heterocycles. The molecule has 10 rings (SSSR count). The lowest BCUT2D eigenvalue weighted by atomic mass is 9.87. The summed E-state index contributed by atoms with van der Waals surface area (Å²) in [5.41, 5.74) is 5.71. The Hall–Kier alpha value is -5.46. The maximum atomic E-state index is 12.9. The zero-order valence-electron chi connectivity index (χ0n) is 31.6. The molecule has 0 saturated carbocycles. The monoisotopic (exact) mass is 869 g/mol. The van der Waals surface area contributed by atoms with E-state index < -0.39 is 5.97 Å². The summed E-state index contributed by atoms with van der Waals surface area (Å²) < 4.78 is 3.44. The number of nitrogens with one attached hydrogen (secondary N) is 2. The topological polar surface area (TPSA) is 188 Å². The Balaban J connectivity index is 0.000000154. The standard InChI is InChI=1S/C22H23ClN6O2S.C18H14ClN5O2S/c1-2-28(7-8-30)22(31)13-3-4-15-18(9-13)32-21-19(15)20(24-12-25-21)27-17-10-14-5-6-26-29(14)11-16(17)23;19-12-7-24-10(3-4-22-24)6-13(12)23-16-15-11-2-1-9(18(25)26)5-14(11)27-17(15)21-8-20-16/h5-6,10-13,30H,2-4,7-9H2,1H3,(H,24,25,27);3-4,6-9H,1-2,5H2,(H,25,26)(H,20,21,23)/t13-;9-/m00/s1. The summed E-state index contributed by atoms with van der Waals surface area (Å²) in [5, 5.41) is 36.8. The van der Waals surface area contributed by atoms with Gasteiger partial charge in [-0.2, -0.15) is 10.2 Å². The van der Waals surface area contributed by atoms with Crippen LogP contribution in [0.15, 0.2) is 61.7 Å². The van der Waals surface area contributed by atoms with E-state index in [1.54, 1.807) is 67.7 Å². The molecule has 0 spiro atoms. The number of aliphatic hydroxyl groups excluding tert-OH is 1. The molecule has 4 N–H and O–H groups in total. The van der Waals surface area contributed by atoms with Crippen LogP contribution in [0.4, 0.5) is 23.0 Å². The van der Waals surface area contributed by atoms with Gasteiger partial charge < -0.3 is 25.7 Å². The van der Waals surface area contributed by atoms with Crippen molar-refractivity contribution in [1.29, 1.82) is 0 Å². The Morgan fingerprint density at radius 1 is 0.814 bits per heavy atom. The summed E-state index contributed by atoms with van der Waals surface area (Å²) >= 11 is 16.1. The number of aryl methyl sites for hydroxylation is 2. The molecular formula is C40H37Cl2N11O4S2. The molecule has 0 aromatic carbocycles. The predicted octanol–water partition coefficient (Wildman–Crippen LogP) is 7.61. The minimum atomic E-state index is -0.733. The van der Waals surface area contributed by atoms with E-state index in [0.29, 0.717) is 54.6 Å². The number of anilines is 4. The zero-order chi connectivity index (χ0) is 40.8. The lowest BCUT2D eigenvalue weighted by molar-refractivity contribution is -0.142. The van der Waals surface area contributed by atoms with Crippen molar-refractivity contribution in [3.63, 3.8) is 0 Å². The number of pyridine rings is 2. The number of rotatable bonds is 9. The summed E-state index contributed by atoms with van der Waals surface area (Å²) in [5.74, 6) is 0.410. The largest absolute Gasteiger partial charge is 0.481 e. The number of aliphatic hydroxyl groups is 1. The van der Waals surface area contributed by atoms with Gasteiger partial charge in [0.25, 0.3) is 0 Å². The highest BCUT2D eigenvalue weighted by Crippen LogP contribution is 2.43. The number of aromatic nitrogens is 8. The van der Waals surface area contributed by atoms with Gasteiger partial charge in [0.1, 0.15) is 34.0 Å². The van der Waals surface area contributed by atoms with E-state index >= 15 is 0 Å². The van der Waals surface area contributed by atoms with Crippen molar-refractivity contribution >= 4 is 112 Å². The van der Waals surface area contributed by atoms with E-state index in [9.17, 15) is 19.8 Å². The van der Waals surface area contributed by atoms with Crippen molar-refractivity contribution in [3.05, 3.63) is 92.6 Å². The lowest BCUT2D eigenvalue weighted by Crippen LogP contribution is -2.39. The van der Waals surface area contributed by atoms with Crippen LogP contribution in [0.25, 0.3) is 31.5 Å². The first-order valence-corrected chi connectivity index (χ1v) is 21.5. The molecular weight excluding hydrogens is 834 g/mol. The lowest BCUT2D eigenvalue weighted by Gasteiger charge is -2.28. The van der Waals surface area contributed by atoms with Gasteiger partial charge in [-0.25, -0.2) is 29.0 Å². The van der Waals surface area contributed by atoms with Crippen molar-refractivity contribution in [2.45, 2.75) is 45.4 Å². The quantitative estimate of drug-likeness (QED) is 0.111. The SMILES string of the molecule is CCN(CCO)C(=O)[C@H]1CCc2c(sc3ncnc(Nc4cc5ccnn5cc4Cl)c23)C1.O=C(O)[C@H]1CCc2c(sc3ncnc(Nc4cc5ccnn5cc4Cl)c23)C1. The third kappa shape index (κ3) is 7.53. The van der Waals surface area contributed by atoms with Crippen molar-refractivity contribution in [3.8, 4) is 0 Å². The molecule has 302 valence electrons. The average molecular weight is 871 g/mol. The second kappa shape index (κ2) is 16.3. The number of thiophene rings is 2. The van der Waals surface area contributed by atoms with Gasteiger partial charge in [-0.1, -0.05) is 23.2 Å². The number of hydrogen-bond donors (Lipinski definition) is 4. The number of likely N-dealkylation sites (N-methyl/N-ethyl adjacent to an activating group) is 1. The van der Waals surface area contributed by atoms with Gasteiger partial charge in [0.05, 0.1) is 55.8 Å². The van der Waals surface area contributed by atoms with Gasteiger partial charge >= 0.3 is 5.97 Å². The number of fused-ring (bicyclic) bond motifs is 8. The van der Waals surface area contributed by atoms with E-state index in [1.165, 1.54) is 16.8 Å². The molecule has 8 heterocycles. The van der Waals surface area contributed by atoms with Gasteiger partial charge in [-0.15, -0.1) is 22.7 Å². The van der Waals surface area contributed by atoms with Crippen molar-refractivity contribution < 1.29 is 19.8 Å². The summed E-state index contributed by atoms with van der Waals surface area (Å²) in [7, 11) is 0. The van der Waals surface area contributed by atoms with Crippen molar-refractivity contribution in [2.75, 3.05) is 30.3 Å². The summed E-state index contributed by atoms with van der Waals surface area (Å²) in [6.45, 7) is 2.92. The van der Waals surface area contributed by atoms with Crippen LogP contribution in [0, 0.1) is 11.8 Å². The normalized spacial score (nSPS) is 16.1. The van der Waals surface area contributed by atoms with Crippen LogP contribution in [0.1, 0.15) is 40.6 Å². The van der Waals surface area contributed by atoms with Crippen LogP contribution in [0.5, 0.6) is 0 Å². The molecule has 0 fully saturated rings. The molecule has 0 saturated heterocycles. The van der Waals surface area contributed by atoms with Crippen LogP contribution in [-0.4, -0.2) is 85.8 Å². The molecule has 8 aromatic rings. The third-order valence-electron chi connectivity index (χ3n) is 10.9. The van der Waals surface area contributed by atoms with Crippen molar-refractivity contribution in [2.24, 2.45) is 11.8 Å². The highest BCUT2D eigenvalue weighted by Gasteiger charge is 2.32. The van der Waals surface area contributed by atoms with Crippen LogP contribution >= 0.6 is 45.9 Å². The number of carbonyl (C=O) groups excluding carboxylic acids is 1. The Morgan fingerprint density at radius 2 is 1.32 bits per heavy atom. The fourth-order valence-corrected chi connectivity index (χ4v) is 10.9. The first-order valence-electron chi connectivity index (χ1n) is 19.1. The first-order chi connectivity index (χ1) is 28.7. The maximum absolute atomic E-state index is 12.9. The fourth-order valence-electron chi connectivity index (χ4n) is 7.96. The number of carboxylic acid groups (broad SMARTS) is 1. The number of amides is 1. The summed E-state index contributed by atoms with van der Waals surface area (Å²) in [6, 6.07) is 7.67. The van der Waals surface area contributed by atoms with E-state index in [2.05, 4.69) is 40.8 Å². The van der Waals surface area contributed by atoms with Gasteiger partial charge in [0.15, 0.2) is 0 Å². The highest BCUT2D eigenvalue weighted by molar-refractivity contribution is 7.19. The van der Waals surface area contributed by atoms with E-state index in [1.807, 2.05) is 31.2 Å². The number of nitrogens with zero attached hydrogens (tertiary/aromatic N) is 9. The van der Waals surface area contributed by atoms with Gasteiger partial charge in [-0.3, -0.25) is 9.59 Å². The number of aliphatic carboxylic acids is 1. The van der Waals surface area contributed by atoms with Crippen LogP contribution in [0.3, 0.4) is 0 Å². The second-order valence-corrected chi connectivity index (χ2v) is 17.4. The Labute approximate surface area is 354 Å². The Morgan fingerprint density at radius 3 is 1.81 bits per heavy atom. The van der Waals surface area contributed by atoms with E-state index in [4.69, 9.17) is 23.2 Å². The maximum Gasteiger partial charge on any atom is 0.306 e. The summed E-state index contributed by atoms with van der Waals surface area (Å²) in [4.78, 5) is 47.9. The summed E-state index contributed by atoms with van der Waals surface area (Å²) in [6.07, 6.45) is 14.2. The third-order valence-corrected chi connectivity index (χ3v) is 13.9. The predicted molar refractivity (Wildman–Crippen MR) is 230 cm³/mol. The van der Waals surface area contributed by atoms with E-state index in [-0.39, 0.29) is 24.3 Å². The molecule has 59 heavy (non-hydrogen) atoms. The molecule has 2 atom stereocenters. The Kier molecular flexibility index (Phi) is 10.8. The Bertz CT molecular complexity index is 2890.